The van der Waals surface area contributed by atoms with Gasteiger partial charge in [0, 0.05) is 41.9 Å². The Labute approximate surface area is 178 Å². The van der Waals surface area contributed by atoms with Gasteiger partial charge in [-0.3, -0.25) is 9.78 Å². The predicted molar refractivity (Wildman–Crippen MR) is 117 cm³/mol. The van der Waals surface area contributed by atoms with Crippen LogP contribution in [0.2, 0.25) is 0 Å². The smallest absolute Gasteiger partial charge is 0.219 e. The minimum absolute atomic E-state index is 0.137. The minimum atomic E-state index is -0.428. The molecule has 0 aliphatic carbocycles. The molecule has 156 valence electrons. The van der Waals surface area contributed by atoms with E-state index in [1.807, 2.05) is 6.07 Å². The lowest BCUT2D eigenvalue weighted by Crippen LogP contribution is -2.16. The SMILES string of the molecule is COc1cc(-c2ccccc2F)cc2c(NCCC(N)=O)nc(-c3cccnc3)nc12. The average Bonchev–Trinajstić information content (AvgIpc) is 2.79. The Hall–Kier alpha value is -4.07. The van der Waals surface area contributed by atoms with E-state index in [-0.39, 0.29) is 12.2 Å². The van der Waals surface area contributed by atoms with Crippen molar-refractivity contribution in [2.24, 2.45) is 5.73 Å². The number of primary amides is 1. The van der Waals surface area contributed by atoms with Crippen LogP contribution in [0.25, 0.3) is 33.4 Å². The first-order valence-corrected chi connectivity index (χ1v) is 9.64. The number of rotatable bonds is 7. The van der Waals surface area contributed by atoms with Crippen molar-refractivity contribution in [3.63, 3.8) is 0 Å². The van der Waals surface area contributed by atoms with Crippen LogP contribution in [-0.2, 0) is 4.79 Å². The molecule has 31 heavy (non-hydrogen) atoms. The van der Waals surface area contributed by atoms with Crippen LogP contribution in [0.5, 0.6) is 5.75 Å². The van der Waals surface area contributed by atoms with E-state index < -0.39 is 5.91 Å². The summed E-state index contributed by atoms with van der Waals surface area (Å²) >= 11 is 0. The van der Waals surface area contributed by atoms with Crippen LogP contribution in [0, 0.1) is 5.82 Å². The van der Waals surface area contributed by atoms with Gasteiger partial charge in [0.1, 0.15) is 22.9 Å². The average molecular weight is 417 g/mol. The zero-order valence-electron chi connectivity index (χ0n) is 16.8. The van der Waals surface area contributed by atoms with E-state index in [2.05, 4.69) is 20.3 Å². The fourth-order valence-corrected chi connectivity index (χ4v) is 3.27. The Kier molecular flexibility index (Phi) is 5.70. The van der Waals surface area contributed by atoms with E-state index in [1.165, 1.54) is 13.2 Å². The molecular weight excluding hydrogens is 397 g/mol. The van der Waals surface area contributed by atoms with E-state index >= 15 is 0 Å². The molecule has 0 saturated carbocycles. The number of nitrogens with zero attached hydrogens (tertiary/aromatic N) is 3. The molecule has 0 fully saturated rings. The highest BCUT2D eigenvalue weighted by Crippen LogP contribution is 2.36. The second-order valence-corrected chi connectivity index (χ2v) is 6.84. The quantitative estimate of drug-likeness (QED) is 0.474. The van der Waals surface area contributed by atoms with Crippen molar-refractivity contribution in [2.75, 3.05) is 19.0 Å². The summed E-state index contributed by atoms with van der Waals surface area (Å²) < 4.78 is 20.0. The summed E-state index contributed by atoms with van der Waals surface area (Å²) in [6.45, 7) is 0.292. The van der Waals surface area contributed by atoms with Crippen molar-refractivity contribution in [1.29, 1.82) is 0 Å². The van der Waals surface area contributed by atoms with Gasteiger partial charge in [-0.25, -0.2) is 14.4 Å². The molecule has 8 heteroatoms. The van der Waals surface area contributed by atoms with Gasteiger partial charge in [0.25, 0.3) is 0 Å². The molecule has 0 unspecified atom stereocenters. The fraction of sp³-hybridized carbons (Fsp3) is 0.130. The molecule has 0 saturated heterocycles. The number of nitrogens with two attached hydrogens (primary N) is 1. The maximum Gasteiger partial charge on any atom is 0.219 e. The number of benzene rings is 2. The maximum absolute atomic E-state index is 14.4. The standard InChI is InChI=1S/C23H20FN5O2/c1-31-19-12-15(16-6-2-3-7-18(16)24)11-17-21(19)28-22(14-5-4-9-26-13-14)29-23(17)27-10-8-20(25)30/h2-7,9,11-13H,8,10H2,1H3,(H2,25,30)(H,27,28,29). The van der Waals surface area contributed by atoms with Gasteiger partial charge < -0.3 is 15.8 Å². The van der Waals surface area contributed by atoms with E-state index in [4.69, 9.17) is 10.5 Å². The molecule has 2 aromatic carbocycles. The number of ether oxygens (including phenoxy) is 1. The molecule has 4 rings (SSSR count). The monoisotopic (exact) mass is 417 g/mol. The van der Waals surface area contributed by atoms with Gasteiger partial charge in [-0.15, -0.1) is 0 Å². The van der Waals surface area contributed by atoms with Crippen LogP contribution in [0.1, 0.15) is 6.42 Å². The van der Waals surface area contributed by atoms with Gasteiger partial charge in [-0.1, -0.05) is 18.2 Å². The van der Waals surface area contributed by atoms with Crippen molar-refractivity contribution in [3.8, 4) is 28.3 Å². The molecular formula is C23H20FN5O2. The topological polar surface area (TPSA) is 103 Å². The van der Waals surface area contributed by atoms with E-state index in [1.54, 1.807) is 48.8 Å². The van der Waals surface area contributed by atoms with Crippen molar-refractivity contribution >= 4 is 22.6 Å². The lowest BCUT2D eigenvalue weighted by atomic mass is 10.0. The van der Waals surface area contributed by atoms with Crippen LogP contribution in [-0.4, -0.2) is 34.5 Å². The maximum atomic E-state index is 14.4. The number of nitrogens with one attached hydrogen (secondary N) is 1. The van der Waals surface area contributed by atoms with Crippen LogP contribution >= 0.6 is 0 Å². The normalized spacial score (nSPS) is 10.8. The first kappa shape index (κ1) is 20.2. The third-order valence-electron chi connectivity index (χ3n) is 4.75. The number of anilines is 1. The summed E-state index contributed by atoms with van der Waals surface area (Å²) in [5.41, 5.74) is 7.61. The number of fused-ring (bicyclic) bond motifs is 1. The Balaban J connectivity index is 1.93. The highest BCUT2D eigenvalue weighted by Gasteiger charge is 2.17. The molecule has 7 nitrogen and oxygen atoms in total. The van der Waals surface area contributed by atoms with Crippen molar-refractivity contribution in [2.45, 2.75) is 6.42 Å². The van der Waals surface area contributed by atoms with Crippen molar-refractivity contribution in [3.05, 3.63) is 66.7 Å². The van der Waals surface area contributed by atoms with Crippen LogP contribution in [0.3, 0.4) is 0 Å². The van der Waals surface area contributed by atoms with Crippen molar-refractivity contribution < 1.29 is 13.9 Å². The number of hydrogen-bond acceptors (Lipinski definition) is 6. The van der Waals surface area contributed by atoms with Gasteiger partial charge in [0.05, 0.1) is 7.11 Å². The number of aromatic nitrogens is 3. The van der Waals surface area contributed by atoms with Crippen LogP contribution in [0.15, 0.2) is 60.9 Å². The lowest BCUT2D eigenvalue weighted by molar-refractivity contribution is -0.117. The predicted octanol–water partition coefficient (Wildman–Crippen LogP) is 3.79. The largest absolute Gasteiger partial charge is 0.494 e. The number of carbonyl (C=O) groups excluding carboxylic acids is 1. The van der Waals surface area contributed by atoms with Gasteiger partial charge in [0.2, 0.25) is 5.91 Å². The Morgan fingerprint density at radius 2 is 1.97 bits per heavy atom. The summed E-state index contributed by atoms with van der Waals surface area (Å²) in [7, 11) is 1.53. The molecule has 0 spiro atoms. The van der Waals surface area contributed by atoms with Gasteiger partial charge in [-0.05, 0) is 35.9 Å². The summed E-state index contributed by atoms with van der Waals surface area (Å²) in [6, 6.07) is 13.7. The second-order valence-electron chi connectivity index (χ2n) is 6.84. The molecule has 0 radical (unpaired) electrons. The number of amides is 1. The van der Waals surface area contributed by atoms with E-state index in [9.17, 15) is 9.18 Å². The summed E-state index contributed by atoms with van der Waals surface area (Å²) in [5, 5.41) is 3.79. The molecule has 4 aromatic rings. The number of carbonyl (C=O) groups is 1. The van der Waals surface area contributed by atoms with E-state index in [0.717, 1.165) is 5.56 Å². The van der Waals surface area contributed by atoms with Gasteiger partial charge in [-0.2, -0.15) is 0 Å². The second kappa shape index (κ2) is 8.74. The number of hydrogen-bond donors (Lipinski definition) is 2. The molecule has 3 N–H and O–H groups in total. The zero-order chi connectivity index (χ0) is 21.8. The summed E-state index contributed by atoms with van der Waals surface area (Å²) in [6.07, 6.45) is 3.46. The molecule has 0 aliphatic heterocycles. The number of methoxy groups -OCH3 is 1. The third kappa shape index (κ3) is 4.28. The highest BCUT2D eigenvalue weighted by atomic mass is 19.1. The molecule has 0 aliphatic rings. The number of halogens is 1. The lowest BCUT2D eigenvalue weighted by Gasteiger charge is -2.15. The highest BCUT2D eigenvalue weighted by molar-refractivity contribution is 5.98. The number of pyridine rings is 1. The minimum Gasteiger partial charge on any atom is -0.494 e. The van der Waals surface area contributed by atoms with Crippen LogP contribution in [0.4, 0.5) is 10.2 Å². The molecule has 2 heterocycles. The Bertz CT molecular complexity index is 1250. The first-order chi connectivity index (χ1) is 15.1. The summed E-state index contributed by atoms with van der Waals surface area (Å²) in [4.78, 5) is 24.6. The molecule has 1 amide bonds. The fourth-order valence-electron chi connectivity index (χ4n) is 3.27. The van der Waals surface area contributed by atoms with Crippen LogP contribution < -0.4 is 15.8 Å². The van der Waals surface area contributed by atoms with Crippen molar-refractivity contribution in [1.82, 2.24) is 15.0 Å². The molecule has 2 aromatic heterocycles. The Morgan fingerprint density at radius 3 is 2.68 bits per heavy atom. The van der Waals surface area contributed by atoms with E-state index in [0.29, 0.717) is 46.0 Å². The zero-order valence-corrected chi connectivity index (χ0v) is 16.8. The third-order valence-corrected chi connectivity index (χ3v) is 4.75. The van der Waals surface area contributed by atoms with Gasteiger partial charge >= 0.3 is 0 Å². The molecule has 0 bridgehead atoms. The Morgan fingerprint density at radius 1 is 1.13 bits per heavy atom. The first-order valence-electron chi connectivity index (χ1n) is 9.64. The van der Waals surface area contributed by atoms with Gasteiger partial charge in [0.15, 0.2) is 5.82 Å². The summed E-state index contributed by atoms with van der Waals surface area (Å²) in [5.74, 6) is 0.630. The molecule has 0 atom stereocenters.